The van der Waals surface area contributed by atoms with E-state index >= 15 is 0 Å². The molecule has 20 heavy (non-hydrogen) atoms. The predicted octanol–water partition coefficient (Wildman–Crippen LogP) is 4.15. The maximum absolute atomic E-state index is 13.3. The van der Waals surface area contributed by atoms with Crippen molar-refractivity contribution in [3.8, 4) is 0 Å². The summed E-state index contributed by atoms with van der Waals surface area (Å²) in [7, 11) is 0. The zero-order valence-corrected chi connectivity index (χ0v) is 14.3. The Morgan fingerprint density at radius 2 is 2.05 bits per heavy atom. The van der Waals surface area contributed by atoms with Crippen LogP contribution in [0.25, 0.3) is 0 Å². The summed E-state index contributed by atoms with van der Waals surface area (Å²) in [6, 6.07) is 5.48. The van der Waals surface area contributed by atoms with Crippen LogP contribution in [0.1, 0.15) is 37.8 Å². The molecule has 0 aliphatic carbocycles. The Morgan fingerprint density at radius 1 is 1.35 bits per heavy atom. The molecule has 1 aromatic carbocycles. The zero-order valence-electron chi connectivity index (χ0n) is 11.9. The summed E-state index contributed by atoms with van der Waals surface area (Å²) in [6.07, 6.45) is 3.54. The van der Waals surface area contributed by atoms with Crippen LogP contribution in [0.3, 0.4) is 0 Å². The van der Waals surface area contributed by atoms with Crippen molar-refractivity contribution in [2.45, 2.75) is 32.2 Å². The Kier molecular flexibility index (Phi) is 8.03. The maximum Gasteiger partial charge on any atom is 0.124 e. The lowest BCUT2D eigenvalue weighted by Gasteiger charge is -2.35. The van der Waals surface area contributed by atoms with Gasteiger partial charge in [-0.1, -0.05) is 41.8 Å². The molecule has 1 aliphatic rings. The molecule has 5 heteroatoms. The number of halogens is 3. The molecule has 1 saturated heterocycles. The van der Waals surface area contributed by atoms with Gasteiger partial charge < -0.3 is 5.32 Å². The summed E-state index contributed by atoms with van der Waals surface area (Å²) in [4.78, 5) is 2.52. The summed E-state index contributed by atoms with van der Waals surface area (Å²) in [6.45, 7) is 6.44. The van der Waals surface area contributed by atoms with Crippen LogP contribution in [0, 0.1) is 5.82 Å². The molecular formula is C15H23BrClFN2. The second-order valence-corrected chi connectivity index (χ2v) is 5.96. The summed E-state index contributed by atoms with van der Waals surface area (Å²) >= 11 is 3.52. The molecule has 1 aromatic rings. The number of nitrogens with one attached hydrogen (secondary N) is 1. The molecule has 0 saturated carbocycles. The number of piperazine rings is 1. The molecule has 1 N–H and O–H groups in total. The number of hydrogen-bond acceptors (Lipinski definition) is 2. The molecule has 0 unspecified atom stereocenters. The molecular weight excluding hydrogens is 343 g/mol. The normalized spacial score (nSPS) is 17.6. The van der Waals surface area contributed by atoms with Gasteiger partial charge in [0.15, 0.2) is 0 Å². The van der Waals surface area contributed by atoms with E-state index < -0.39 is 0 Å². The first-order valence-electron chi connectivity index (χ1n) is 7.12. The molecule has 0 aromatic heterocycles. The molecule has 0 spiro atoms. The lowest BCUT2D eigenvalue weighted by atomic mass is 9.98. The van der Waals surface area contributed by atoms with Crippen LogP contribution in [0.15, 0.2) is 22.7 Å². The van der Waals surface area contributed by atoms with Crippen molar-refractivity contribution < 1.29 is 4.39 Å². The fourth-order valence-corrected chi connectivity index (χ4v) is 3.31. The number of hydrogen-bond donors (Lipinski definition) is 1. The highest BCUT2D eigenvalue weighted by Gasteiger charge is 2.23. The molecule has 1 fully saturated rings. The van der Waals surface area contributed by atoms with Gasteiger partial charge in [-0.3, -0.25) is 4.90 Å². The summed E-state index contributed by atoms with van der Waals surface area (Å²) in [5.74, 6) is -0.176. The van der Waals surface area contributed by atoms with E-state index in [2.05, 4.69) is 33.1 Å². The van der Waals surface area contributed by atoms with Gasteiger partial charge in [0.05, 0.1) is 0 Å². The highest BCUT2D eigenvalue weighted by molar-refractivity contribution is 9.10. The number of unbranched alkanes of at least 4 members (excludes halogenated alkanes) is 1. The van der Waals surface area contributed by atoms with Crippen molar-refractivity contribution in [1.29, 1.82) is 0 Å². The minimum absolute atomic E-state index is 0. The SMILES string of the molecule is CCCC[C@H](c1ccc(F)cc1Br)N1CCNCC1.Cl. The van der Waals surface area contributed by atoms with E-state index in [4.69, 9.17) is 0 Å². The Bertz CT molecular complexity index is 411. The van der Waals surface area contributed by atoms with Gasteiger partial charge in [-0.05, 0) is 24.1 Å². The zero-order chi connectivity index (χ0) is 13.7. The molecule has 1 aliphatic heterocycles. The van der Waals surface area contributed by atoms with Gasteiger partial charge in [0, 0.05) is 36.7 Å². The van der Waals surface area contributed by atoms with Crippen LogP contribution >= 0.6 is 28.3 Å². The standard InChI is InChI=1S/C15H22BrFN2.ClH/c1-2-3-4-15(19-9-7-18-8-10-19)13-6-5-12(17)11-14(13)16;/h5-6,11,15,18H,2-4,7-10H2,1H3;1H/t15-;/m1./s1. The first-order valence-corrected chi connectivity index (χ1v) is 7.91. The third-order valence-corrected chi connectivity index (χ3v) is 4.43. The van der Waals surface area contributed by atoms with Crippen LogP contribution in [0.4, 0.5) is 4.39 Å². The first-order chi connectivity index (χ1) is 9.22. The third kappa shape index (κ3) is 4.69. The van der Waals surface area contributed by atoms with Crippen LogP contribution < -0.4 is 5.32 Å². The quantitative estimate of drug-likeness (QED) is 0.843. The highest BCUT2D eigenvalue weighted by atomic mass is 79.9. The maximum atomic E-state index is 13.3. The third-order valence-electron chi connectivity index (χ3n) is 3.74. The first kappa shape index (κ1) is 17.9. The van der Waals surface area contributed by atoms with Crippen LogP contribution in [-0.2, 0) is 0 Å². The highest BCUT2D eigenvalue weighted by Crippen LogP contribution is 2.32. The molecule has 114 valence electrons. The number of nitrogens with zero attached hydrogens (tertiary/aromatic N) is 1. The molecule has 2 nitrogen and oxygen atoms in total. The lowest BCUT2D eigenvalue weighted by molar-refractivity contribution is 0.162. The summed E-state index contributed by atoms with van der Waals surface area (Å²) in [5, 5.41) is 3.39. The summed E-state index contributed by atoms with van der Waals surface area (Å²) < 4.78 is 14.1. The molecule has 0 bridgehead atoms. The van der Waals surface area contributed by atoms with Crippen molar-refractivity contribution in [2.75, 3.05) is 26.2 Å². The van der Waals surface area contributed by atoms with Gasteiger partial charge in [-0.25, -0.2) is 4.39 Å². The van der Waals surface area contributed by atoms with Crippen LogP contribution in [0.2, 0.25) is 0 Å². The van der Waals surface area contributed by atoms with Gasteiger partial charge in [0.25, 0.3) is 0 Å². The second kappa shape index (κ2) is 8.98. The minimum atomic E-state index is -0.176. The molecule has 0 radical (unpaired) electrons. The van der Waals surface area contributed by atoms with Crippen molar-refractivity contribution in [3.05, 3.63) is 34.1 Å². The minimum Gasteiger partial charge on any atom is -0.314 e. The van der Waals surface area contributed by atoms with E-state index in [-0.39, 0.29) is 18.2 Å². The smallest absolute Gasteiger partial charge is 0.124 e. The predicted molar refractivity (Wildman–Crippen MR) is 88.1 cm³/mol. The van der Waals surface area contributed by atoms with E-state index in [9.17, 15) is 4.39 Å². The van der Waals surface area contributed by atoms with E-state index in [1.54, 1.807) is 12.1 Å². The summed E-state index contributed by atoms with van der Waals surface area (Å²) in [5.41, 5.74) is 1.22. The van der Waals surface area contributed by atoms with Gasteiger partial charge in [0.1, 0.15) is 5.82 Å². The monoisotopic (exact) mass is 364 g/mol. The average molecular weight is 366 g/mol. The molecule has 1 atom stereocenters. The molecule has 1 heterocycles. The Balaban J connectivity index is 0.00000200. The van der Waals surface area contributed by atoms with Crippen molar-refractivity contribution in [2.24, 2.45) is 0 Å². The Morgan fingerprint density at radius 3 is 2.65 bits per heavy atom. The number of rotatable bonds is 5. The van der Waals surface area contributed by atoms with Gasteiger partial charge in [-0.15, -0.1) is 12.4 Å². The van der Waals surface area contributed by atoms with Crippen LogP contribution in [0.5, 0.6) is 0 Å². The van der Waals surface area contributed by atoms with Crippen molar-refractivity contribution in [1.82, 2.24) is 10.2 Å². The van der Waals surface area contributed by atoms with Crippen molar-refractivity contribution >= 4 is 28.3 Å². The van der Waals surface area contributed by atoms with E-state index in [1.165, 1.54) is 18.4 Å². The molecule has 0 amide bonds. The van der Waals surface area contributed by atoms with E-state index in [0.29, 0.717) is 6.04 Å². The van der Waals surface area contributed by atoms with E-state index in [1.807, 2.05) is 6.07 Å². The van der Waals surface area contributed by atoms with Gasteiger partial charge in [0.2, 0.25) is 0 Å². The van der Waals surface area contributed by atoms with Crippen molar-refractivity contribution in [3.63, 3.8) is 0 Å². The Labute approximate surface area is 135 Å². The molecule has 2 rings (SSSR count). The fourth-order valence-electron chi connectivity index (χ4n) is 2.70. The van der Waals surface area contributed by atoms with Crippen LogP contribution in [-0.4, -0.2) is 31.1 Å². The van der Waals surface area contributed by atoms with E-state index in [0.717, 1.165) is 37.1 Å². The fraction of sp³-hybridized carbons (Fsp3) is 0.600. The topological polar surface area (TPSA) is 15.3 Å². The number of benzene rings is 1. The van der Waals surface area contributed by atoms with Gasteiger partial charge >= 0.3 is 0 Å². The van der Waals surface area contributed by atoms with Gasteiger partial charge in [-0.2, -0.15) is 0 Å². The lowest BCUT2D eigenvalue weighted by Crippen LogP contribution is -2.45. The average Bonchev–Trinajstić information content (AvgIpc) is 2.42. The second-order valence-electron chi connectivity index (χ2n) is 5.11. The largest absolute Gasteiger partial charge is 0.314 e. The Hall–Kier alpha value is -0.160.